The van der Waals surface area contributed by atoms with Gasteiger partial charge in [0.15, 0.2) is 0 Å². The van der Waals surface area contributed by atoms with Crippen molar-refractivity contribution in [1.82, 2.24) is 9.78 Å². The van der Waals surface area contributed by atoms with E-state index in [1.54, 1.807) is 6.92 Å². The van der Waals surface area contributed by atoms with E-state index < -0.39 is 23.8 Å². The van der Waals surface area contributed by atoms with Gasteiger partial charge in [-0.1, -0.05) is 6.07 Å². The molecule has 2 aromatic carbocycles. The van der Waals surface area contributed by atoms with Crippen molar-refractivity contribution in [3.63, 3.8) is 0 Å². The number of aryl methyl sites for hydroxylation is 3. The lowest BCUT2D eigenvalue weighted by atomic mass is 10.1. The van der Waals surface area contributed by atoms with Gasteiger partial charge >= 0.3 is 0 Å². The number of carbonyl (C=O) groups excluding carboxylic acids is 1. The Kier molecular flexibility index (Phi) is 6.52. The highest BCUT2D eigenvalue weighted by atomic mass is 19.3. The highest BCUT2D eigenvalue weighted by molar-refractivity contribution is 5.91. The fourth-order valence-corrected chi connectivity index (χ4v) is 3.26. The summed E-state index contributed by atoms with van der Waals surface area (Å²) in [7, 11) is 0. The normalized spacial score (nSPS) is 11.0. The fourth-order valence-electron chi connectivity index (χ4n) is 3.26. The molecule has 1 heterocycles. The molecule has 0 atom stereocenters. The Morgan fingerprint density at radius 1 is 1.16 bits per heavy atom. The lowest BCUT2D eigenvalue weighted by molar-refractivity contribution is -0.384. The number of alkyl halides is 2. The van der Waals surface area contributed by atoms with Crippen molar-refractivity contribution in [3.8, 4) is 11.5 Å². The number of hydrogen-bond donors (Lipinski definition) is 1. The molecule has 0 unspecified atom stereocenters. The van der Waals surface area contributed by atoms with E-state index in [0.29, 0.717) is 11.4 Å². The second-order valence-electron chi connectivity index (χ2n) is 7.50. The Hall–Kier alpha value is -3.82. The predicted octanol–water partition coefficient (Wildman–Crippen LogP) is 5.39. The summed E-state index contributed by atoms with van der Waals surface area (Å²) in [5.74, 6) is 0.0312. The molecule has 1 N–H and O–H groups in total. The summed E-state index contributed by atoms with van der Waals surface area (Å²) in [6.07, 6.45) is -2.79. The number of ether oxygens (including phenoxy) is 1. The molecule has 0 bridgehead atoms. The number of anilines is 1. The van der Waals surface area contributed by atoms with Crippen LogP contribution in [0.2, 0.25) is 0 Å². The van der Waals surface area contributed by atoms with E-state index in [-0.39, 0.29) is 22.8 Å². The van der Waals surface area contributed by atoms with Crippen LogP contribution in [0.15, 0.2) is 36.4 Å². The third-order valence-electron chi connectivity index (χ3n) is 4.83. The Labute approximate surface area is 183 Å². The van der Waals surface area contributed by atoms with E-state index >= 15 is 0 Å². The van der Waals surface area contributed by atoms with Gasteiger partial charge < -0.3 is 10.1 Å². The molecule has 0 aliphatic heterocycles. The molecule has 0 aliphatic rings. The standard InChI is InChI=1S/C22H22F2N4O4/c1-12-5-13(2)15(4)20(6-12)32-18-9-16(8-17(10-18)28(30)31)25-21(29)11-27-19(22(23)24)7-14(3)26-27/h5-10,22H,11H2,1-4H3,(H,25,29). The largest absolute Gasteiger partial charge is 0.457 e. The van der Waals surface area contributed by atoms with E-state index in [1.807, 2.05) is 32.9 Å². The first-order valence-electron chi connectivity index (χ1n) is 9.71. The summed E-state index contributed by atoms with van der Waals surface area (Å²) in [4.78, 5) is 23.2. The Bertz CT molecular complexity index is 1190. The minimum atomic E-state index is -2.79. The average molecular weight is 444 g/mol. The third kappa shape index (κ3) is 5.26. The molecule has 0 spiro atoms. The molecular weight excluding hydrogens is 422 g/mol. The van der Waals surface area contributed by atoms with Gasteiger partial charge in [-0.15, -0.1) is 0 Å². The molecule has 0 saturated carbocycles. The van der Waals surface area contributed by atoms with Gasteiger partial charge in [0.05, 0.1) is 22.4 Å². The molecule has 3 aromatic rings. The Balaban J connectivity index is 1.87. The van der Waals surface area contributed by atoms with E-state index in [4.69, 9.17) is 4.74 Å². The maximum atomic E-state index is 13.1. The number of carbonyl (C=O) groups is 1. The lowest BCUT2D eigenvalue weighted by Crippen LogP contribution is -2.21. The minimum Gasteiger partial charge on any atom is -0.457 e. The number of aromatic nitrogens is 2. The first-order valence-corrected chi connectivity index (χ1v) is 9.71. The van der Waals surface area contributed by atoms with Gasteiger partial charge in [-0.25, -0.2) is 8.78 Å². The molecule has 0 fully saturated rings. The van der Waals surface area contributed by atoms with Gasteiger partial charge in [0, 0.05) is 12.1 Å². The molecular formula is C22H22F2N4O4. The Morgan fingerprint density at radius 3 is 2.53 bits per heavy atom. The molecule has 0 aliphatic carbocycles. The van der Waals surface area contributed by atoms with Gasteiger partial charge in [0.2, 0.25) is 5.91 Å². The number of amides is 1. The average Bonchev–Trinajstić information content (AvgIpc) is 3.05. The van der Waals surface area contributed by atoms with Gasteiger partial charge in [0.1, 0.15) is 23.7 Å². The van der Waals surface area contributed by atoms with E-state index in [1.165, 1.54) is 24.3 Å². The van der Waals surface area contributed by atoms with Gasteiger partial charge in [0.25, 0.3) is 12.1 Å². The van der Waals surface area contributed by atoms with Crippen LogP contribution in [0, 0.1) is 37.8 Å². The molecule has 3 rings (SSSR count). The van der Waals surface area contributed by atoms with Crippen molar-refractivity contribution in [2.75, 3.05) is 5.32 Å². The summed E-state index contributed by atoms with van der Waals surface area (Å²) in [6, 6.07) is 8.85. The number of hydrogen-bond acceptors (Lipinski definition) is 5. The van der Waals surface area contributed by atoms with Crippen LogP contribution >= 0.6 is 0 Å². The number of halogens is 2. The third-order valence-corrected chi connectivity index (χ3v) is 4.83. The summed E-state index contributed by atoms with van der Waals surface area (Å²) in [6.45, 7) is 6.78. The summed E-state index contributed by atoms with van der Waals surface area (Å²) in [5.41, 5.74) is 2.62. The zero-order valence-electron chi connectivity index (χ0n) is 18.0. The molecule has 168 valence electrons. The molecule has 0 radical (unpaired) electrons. The fraction of sp³-hybridized carbons (Fsp3) is 0.273. The smallest absolute Gasteiger partial charge is 0.280 e. The van der Waals surface area contributed by atoms with Crippen LogP contribution in [0.3, 0.4) is 0 Å². The van der Waals surface area contributed by atoms with Crippen LogP contribution in [-0.4, -0.2) is 20.6 Å². The highest BCUT2D eigenvalue weighted by Gasteiger charge is 2.19. The molecule has 32 heavy (non-hydrogen) atoms. The molecule has 10 heteroatoms. The van der Waals surface area contributed by atoms with Gasteiger partial charge in [-0.05, 0) is 56.5 Å². The van der Waals surface area contributed by atoms with Crippen molar-refractivity contribution >= 4 is 17.3 Å². The molecule has 1 aromatic heterocycles. The highest BCUT2D eigenvalue weighted by Crippen LogP contribution is 2.33. The van der Waals surface area contributed by atoms with Crippen LogP contribution < -0.4 is 10.1 Å². The van der Waals surface area contributed by atoms with Crippen LogP contribution in [0.5, 0.6) is 11.5 Å². The summed E-state index contributed by atoms with van der Waals surface area (Å²) >= 11 is 0. The number of non-ortho nitro benzene ring substituents is 1. The lowest BCUT2D eigenvalue weighted by Gasteiger charge is -2.13. The number of rotatable bonds is 7. The summed E-state index contributed by atoms with van der Waals surface area (Å²) < 4.78 is 33.0. The number of benzene rings is 2. The number of nitro groups is 1. The van der Waals surface area contributed by atoms with Crippen molar-refractivity contribution in [1.29, 1.82) is 0 Å². The van der Waals surface area contributed by atoms with Crippen molar-refractivity contribution in [2.45, 2.75) is 40.7 Å². The summed E-state index contributed by atoms with van der Waals surface area (Å²) in [5, 5.41) is 17.8. The predicted molar refractivity (Wildman–Crippen MR) is 114 cm³/mol. The van der Waals surface area contributed by atoms with Crippen LogP contribution in [0.1, 0.15) is 34.5 Å². The number of nitrogens with one attached hydrogen (secondary N) is 1. The van der Waals surface area contributed by atoms with Crippen molar-refractivity contribution in [2.24, 2.45) is 0 Å². The second-order valence-corrected chi connectivity index (χ2v) is 7.50. The topological polar surface area (TPSA) is 99.3 Å². The van der Waals surface area contributed by atoms with E-state index in [0.717, 1.165) is 21.4 Å². The van der Waals surface area contributed by atoms with Crippen LogP contribution in [0.25, 0.3) is 0 Å². The maximum absolute atomic E-state index is 13.1. The van der Waals surface area contributed by atoms with E-state index in [2.05, 4.69) is 10.4 Å². The maximum Gasteiger partial charge on any atom is 0.280 e. The quantitative estimate of drug-likeness (QED) is 0.389. The zero-order valence-corrected chi connectivity index (χ0v) is 18.0. The first-order chi connectivity index (χ1) is 15.0. The first kappa shape index (κ1) is 22.9. The SMILES string of the molecule is Cc1cc(C)c(C)c(Oc2cc(NC(=O)Cn3nc(C)cc3C(F)F)cc([N+](=O)[O-])c2)c1. The van der Waals surface area contributed by atoms with Gasteiger partial charge in [-0.2, -0.15) is 5.10 Å². The van der Waals surface area contributed by atoms with E-state index in [9.17, 15) is 23.7 Å². The van der Waals surface area contributed by atoms with Crippen molar-refractivity contribution < 1.29 is 23.2 Å². The zero-order chi connectivity index (χ0) is 23.6. The minimum absolute atomic E-state index is 0.101. The van der Waals surface area contributed by atoms with Crippen LogP contribution in [0.4, 0.5) is 20.2 Å². The molecule has 0 saturated heterocycles. The van der Waals surface area contributed by atoms with Crippen molar-refractivity contribution in [3.05, 3.63) is 74.6 Å². The number of nitrogens with zero attached hydrogens (tertiary/aromatic N) is 3. The Morgan fingerprint density at radius 2 is 1.88 bits per heavy atom. The van der Waals surface area contributed by atoms with Crippen LogP contribution in [-0.2, 0) is 11.3 Å². The number of nitro benzene ring substituents is 1. The molecule has 8 nitrogen and oxygen atoms in total. The monoisotopic (exact) mass is 444 g/mol. The second kappa shape index (κ2) is 9.13. The molecule has 1 amide bonds. The van der Waals surface area contributed by atoms with Gasteiger partial charge in [-0.3, -0.25) is 19.6 Å².